The van der Waals surface area contributed by atoms with E-state index in [4.69, 9.17) is 5.11 Å². The predicted molar refractivity (Wildman–Crippen MR) is 66.6 cm³/mol. The van der Waals surface area contributed by atoms with E-state index in [0.29, 0.717) is 6.42 Å². The van der Waals surface area contributed by atoms with E-state index in [0.717, 1.165) is 13.8 Å². The van der Waals surface area contributed by atoms with Crippen LogP contribution in [0.1, 0.15) is 34.1 Å². The molecule has 114 valence electrons. The van der Waals surface area contributed by atoms with Crippen LogP contribution in [0.2, 0.25) is 0 Å². The number of rotatable bonds is 7. The first-order chi connectivity index (χ1) is 9.18. The summed E-state index contributed by atoms with van der Waals surface area (Å²) in [5, 5.41) is 11.5. The second-order valence-corrected chi connectivity index (χ2v) is 4.22. The Bertz CT molecular complexity index is 393. The molecule has 0 bridgehead atoms. The first-order valence-electron chi connectivity index (χ1n) is 6.06. The molecule has 0 fully saturated rings. The van der Waals surface area contributed by atoms with Gasteiger partial charge in [-0.3, -0.25) is 14.4 Å². The molecule has 3 unspecified atom stereocenters. The van der Waals surface area contributed by atoms with Crippen LogP contribution in [0.5, 0.6) is 0 Å². The summed E-state index contributed by atoms with van der Waals surface area (Å²) in [7, 11) is 0. The Kier molecular flexibility index (Phi) is 7.27. The number of nitrogens with one attached hydrogen (secondary N) is 1. The van der Waals surface area contributed by atoms with Gasteiger partial charge < -0.3 is 19.9 Å². The van der Waals surface area contributed by atoms with E-state index in [-0.39, 0.29) is 6.04 Å². The summed E-state index contributed by atoms with van der Waals surface area (Å²) < 4.78 is 9.21. The summed E-state index contributed by atoms with van der Waals surface area (Å²) in [4.78, 5) is 44.9. The minimum Gasteiger partial charge on any atom is -0.478 e. The highest BCUT2D eigenvalue weighted by atomic mass is 16.6. The fourth-order valence-electron chi connectivity index (χ4n) is 1.28. The highest BCUT2D eigenvalue weighted by molar-refractivity contribution is 5.91. The van der Waals surface area contributed by atoms with Crippen molar-refractivity contribution in [3.05, 3.63) is 0 Å². The minimum absolute atomic E-state index is 0.243. The van der Waals surface area contributed by atoms with Gasteiger partial charge in [0.15, 0.2) is 0 Å². The van der Waals surface area contributed by atoms with Gasteiger partial charge in [-0.2, -0.15) is 0 Å². The number of carboxylic acid groups (broad SMARTS) is 1. The molecule has 1 amide bonds. The number of ether oxygens (including phenoxy) is 2. The highest BCUT2D eigenvalue weighted by Crippen LogP contribution is 2.08. The molecule has 0 aromatic heterocycles. The number of carbonyl (C=O) groups excluding carboxylic acids is 3. The van der Waals surface area contributed by atoms with Gasteiger partial charge >= 0.3 is 17.9 Å². The van der Waals surface area contributed by atoms with Gasteiger partial charge in [-0.05, 0) is 13.3 Å². The van der Waals surface area contributed by atoms with Gasteiger partial charge in [-0.1, -0.05) is 6.92 Å². The Balaban J connectivity index is 5.17. The lowest BCUT2D eigenvalue weighted by molar-refractivity contribution is -0.180. The molecule has 0 aromatic rings. The highest BCUT2D eigenvalue weighted by Gasteiger charge is 2.39. The maximum atomic E-state index is 11.9. The molecule has 0 aliphatic heterocycles. The number of hydrogen-bond donors (Lipinski definition) is 2. The van der Waals surface area contributed by atoms with Crippen LogP contribution < -0.4 is 5.32 Å². The van der Waals surface area contributed by atoms with Gasteiger partial charge in [-0.25, -0.2) is 4.79 Å². The standard InChI is InChI=1S/C12H19NO7/c1-5-6(2)13-11(16)9(19-7(3)14)10(12(17)18)20-8(4)15/h6,9-10H,5H2,1-4H3,(H,13,16)(H,17,18). The molecule has 2 N–H and O–H groups in total. The molecule has 0 radical (unpaired) electrons. The van der Waals surface area contributed by atoms with E-state index in [1.165, 1.54) is 0 Å². The molecule has 0 aliphatic carbocycles. The van der Waals surface area contributed by atoms with Crippen molar-refractivity contribution in [1.82, 2.24) is 5.32 Å². The fraction of sp³-hybridized carbons (Fsp3) is 0.667. The summed E-state index contributed by atoms with van der Waals surface area (Å²) in [5.74, 6) is -4.16. The summed E-state index contributed by atoms with van der Waals surface area (Å²) in [6, 6.07) is -0.243. The van der Waals surface area contributed by atoms with Crippen LogP contribution in [0.3, 0.4) is 0 Å². The number of amides is 1. The average Bonchev–Trinajstić information content (AvgIpc) is 2.32. The lowest BCUT2D eigenvalue weighted by atomic mass is 10.1. The van der Waals surface area contributed by atoms with Gasteiger partial charge in [0.1, 0.15) is 0 Å². The quantitative estimate of drug-likeness (QED) is 0.625. The van der Waals surface area contributed by atoms with Crippen molar-refractivity contribution in [2.24, 2.45) is 0 Å². The van der Waals surface area contributed by atoms with Crippen LogP contribution in [0.25, 0.3) is 0 Å². The SMILES string of the molecule is CCC(C)NC(=O)C(OC(C)=O)C(OC(C)=O)C(=O)O. The molecule has 8 nitrogen and oxygen atoms in total. The van der Waals surface area contributed by atoms with Crippen molar-refractivity contribution in [2.75, 3.05) is 0 Å². The molecular formula is C12H19NO7. The smallest absolute Gasteiger partial charge is 0.349 e. The average molecular weight is 289 g/mol. The molecule has 3 atom stereocenters. The van der Waals surface area contributed by atoms with Crippen LogP contribution in [-0.4, -0.2) is 47.2 Å². The number of hydrogen-bond acceptors (Lipinski definition) is 6. The van der Waals surface area contributed by atoms with Crippen molar-refractivity contribution >= 4 is 23.8 Å². The number of esters is 2. The Morgan fingerprint density at radius 1 is 1.05 bits per heavy atom. The van der Waals surface area contributed by atoms with E-state index in [1.807, 2.05) is 6.92 Å². The van der Waals surface area contributed by atoms with Gasteiger partial charge in [0, 0.05) is 19.9 Å². The molecule has 0 saturated carbocycles. The lowest BCUT2D eigenvalue weighted by Gasteiger charge is -2.23. The number of carboxylic acids is 1. The van der Waals surface area contributed by atoms with Crippen molar-refractivity contribution < 1.29 is 33.8 Å². The summed E-state index contributed by atoms with van der Waals surface area (Å²) in [6.45, 7) is 5.53. The third-order valence-corrected chi connectivity index (χ3v) is 2.36. The topological polar surface area (TPSA) is 119 Å². The molecule has 8 heteroatoms. The van der Waals surface area contributed by atoms with Crippen LogP contribution in [0.15, 0.2) is 0 Å². The Morgan fingerprint density at radius 2 is 1.50 bits per heavy atom. The van der Waals surface area contributed by atoms with Crippen LogP contribution in [0.4, 0.5) is 0 Å². The summed E-state index contributed by atoms with van der Waals surface area (Å²) in [5.41, 5.74) is 0. The first kappa shape index (κ1) is 17.9. The van der Waals surface area contributed by atoms with Crippen molar-refractivity contribution in [3.8, 4) is 0 Å². The summed E-state index contributed by atoms with van der Waals surface area (Å²) >= 11 is 0. The van der Waals surface area contributed by atoms with Crippen LogP contribution in [0, 0.1) is 0 Å². The van der Waals surface area contributed by atoms with E-state index in [9.17, 15) is 19.2 Å². The fourth-order valence-corrected chi connectivity index (χ4v) is 1.28. The third kappa shape index (κ3) is 6.17. The molecule has 0 rings (SSSR count). The van der Waals surface area contributed by atoms with Gasteiger partial charge in [0.2, 0.25) is 12.2 Å². The maximum Gasteiger partial charge on any atom is 0.349 e. The monoisotopic (exact) mass is 289 g/mol. The second kappa shape index (κ2) is 8.13. The van der Waals surface area contributed by atoms with Crippen molar-refractivity contribution in [2.45, 2.75) is 52.4 Å². The second-order valence-electron chi connectivity index (χ2n) is 4.22. The van der Waals surface area contributed by atoms with Gasteiger partial charge in [0.05, 0.1) is 0 Å². The minimum atomic E-state index is -1.89. The van der Waals surface area contributed by atoms with E-state index >= 15 is 0 Å². The predicted octanol–water partition coefficient (Wildman–Crippen LogP) is -0.151. The van der Waals surface area contributed by atoms with Gasteiger partial charge in [0.25, 0.3) is 5.91 Å². The lowest BCUT2D eigenvalue weighted by Crippen LogP contribution is -2.51. The largest absolute Gasteiger partial charge is 0.478 e. The molecule has 0 heterocycles. The maximum absolute atomic E-state index is 11.9. The zero-order chi connectivity index (χ0) is 15.9. The number of aliphatic carboxylic acids is 1. The molecular weight excluding hydrogens is 270 g/mol. The molecule has 0 spiro atoms. The Hall–Kier alpha value is -2.12. The van der Waals surface area contributed by atoms with Gasteiger partial charge in [-0.15, -0.1) is 0 Å². The van der Waals surface area contributed by atoms with E-state index in [2.05, 4.69) is 14.8 Å². The third-order valence-electron chi connectivity index (χ3n) is 2.36. The zero-order valence-electron chi connectivity index (χ0n) is 11.8. The Morgan fingerprint density at radius 3 is 1.85 bits per heavy atom. The van der Waals surface area contributed by atoms with Crippen LogP contribution in [-0.2, 0) is 28.7 Å². The molecule has 20 heavy (non-hydrogen) atoms. The number of carbonyl (C=O) groups is 4. The van der Waals surface area contributed by atoms with E-state index < -0.39 is 36.0 Å². The zero-order valence-corrected chi connectivity index (χ0v) is 11.8. The van der Waals surface area contributed by atoms with E-state index in [1.54, 1.807) is 6.92 Å². The Labute approximate surface area is 116 Å². The molecule has 0 aliphatic rings. The van der Waals surface area contributed by atoms with Crippen molar-refractivity contribution in [3.63, 3.8) is 0 Å². The molecule has 0 aromatic carbocycles. The van der Waals surface area contributed by atoms with Crippen LogP contribution >= 0.6 is 0 Å². The van der Waals surface area contributed by atoms with Crippen molar-refractivity contribution in [1.29, 1.82) is 0 Å². The summed E-state index contributed by atoms with van der Waals surface area (Å²) in [6.07, 6.45) is -3.02. The first-order valence-corrected chi connectivity index (χ1v) is 6.06. The molecule has 0 saturated heterocycles. The normalized spacial score (nSPS) is 14.6.